The van der Waals surface area contributed by atoms with E-state index in [0.29, 0.717) is 17.6 Å². The highest BCUT2D eigenvalue weighted by molar-refractivity contribution is 6.01. The molecule has 7 nitrogen and oxygen atoms in total. The number of nitrogens with one attached hydrogen (secondary N) is 1. The summed E-state index contributed by atoms with van der Waals surface area (Å²) in [5, 5.41) is 17.3. The number of fused-ring (bicyclic) bond motifs is 1. The highest BCUT2D eigenvalue weighted by Crippen LogP contribution is 2.31. The van der Waals surface area contributed by atoms with Gasteiger partial charge in [0.2, 0.25) is 0 Å². The van der Waals surface area contributed by atoms with E-state index in [-0.39, 0.29) is 16.8 Å². The molecule has 0 bridgehead atoms. The first-order valence-electron chi connectivity index (χ1n) is 4.33. The lowest BCUT2D eigenvalue weighted by Gasteiger charge is -1.99. The SMILES string of the molecule is COc1cc([N+](=O)[O-])c2c(C=O)[nH]nc2c1. The number of rotatable bonds is 3. The van der Waals surface area contributed by atoms with Gasteiger partial charge < -0.3 is 4.74 Å². The molecule has 0 saturated carbocycles. The standard InChI is InChI=1S/C9H7N3O4/c1-16-5-2-6-9(7(4-13)11-10-6)8(3-5)12(14)15/h2-4H,1H3,(H,10,11). The molecule has 0 saturated heterocycles. The Labute approximate surface area is 89.2 Å². The number of aldehydes is 1. The molecule has 0 aliphatic heterocycles. The molecule has 1 aromatic carbocycles. The number of nitrogens with zero attached hydrogens (tertiary/aromatic N) is 2. The summed E-state index contributed by atoms with van der Waals surface area (Å²) in [7, 11) is 1.40. The van der Waals surface area contributed by atoms with E-state index in [0.717, 1.165) is 0 Å². The van der Waals surface area contributed by atoms with Crippen LogP contribution in [0.4, 0.5) is 5.69 Å². The number of ether oxygens (including phenoxy) is 1. The van der Waals surface area contributed by atoms with Crippen LogP contribution in [0, 0.1) is 10.1 Å². The second-order valence-corrected chi connectivity index (χ2v) is 3.05. The minimum Gasteiger partial charge on any atom is -0.496 e. The van der Waals surface area contributed by atoms with E-state index in [1.807, 2.05) is 0 Å². The Morgan fingerprint density at radius 3 is 2.88 bits per heavy atom. The highest BCUT2D eigenvalue weighted by atomic mass is 16.6. The van der Waals surface area contributed by atoms with Gasteiger partial charge in [0, 0.05) is 6.07 Å². The molecule has 0 radical (unpaired) electrons. The fourth-order valence-electron chi connectivity index (χ4n) is 1.47. The summed E-state index contributed by atoms with van der Waals surface area (Å²) in [6, 6.07) is 2.77. The van der Waals surface area contributed by atoms with Crippen molar-refractivity contribution in [3.63, 3.8) is 0 Å². The molecular formula is C9H7N3O4. The van der Waals surface area contributed by atoms with Crippen LogP contribution >= 0.6 is 0 Å². The molecule has 16 heavy (non-hydrogen) atoms. The number of carbonyl (C=O) groups excluding carboxylic acids is 1. The number of hydrogen-bond acceptors (Lipinski definition) is 5. The Balaban J connectivity index is 2.85. The van der Waals surface area contributed by atoms with Crippen LogP contribution in [0.2, 0.25) is 0 Å². The smallest absolute Gasteiger partial charge is 0.284 e. The average molecular weight is 221 g/mol. The van der Waals surface area contributed by atoms with E-state index in [2.05, 4.69) is 10.2 Å². The Morgan fingerprint density at radius 2 is 2.31 bits per heavy atom. The molecule has 1 aromatic heterocycles. The Hall–Kier alpha value is -2.44. The van der Waals surface area contributed by atoms with Gasteiger partial charge in [0.1, 0.15) is 22.3 Å². The first kappa shape index (κ1) is 10.1. The first-order chi connectivity index (χ1) is 7.67. The number of carbonyl (C=O) groups is 1. The fourth-order valence-corrected chi connectivity index (χ4v) is 1.47. The highest BCUT2D eigenvalue weighted by Gasteiger charge is 2.19. The van der Waals surface area contributed by atoms with Crippen molar-refractivity contribution in [2.45, 2.75) is 0 Å². The van der Waals surface area contributed by atoms with E-state index >= 15 is 0 Å². The van der Waals surface area contributed by atoms with Crippen LogP contribution in [-0.2, 0) is 0 Å². The van der Waals surface area contributed by atoms with Gasteiger partial charge >= 0.3 is 0 Å². The van der Waals surface area contributed by atoms with Crippen molar-refractivity contribution >= 4 is 22.9 Å². The number of H-pyrrole nitrogens is 1. The van der Waals surface area contributed by atoms with Crippen LogP contribution in [-0.4, -0.2) is 28.5 Å². The lowest BCUT2D eigenvalue weighted by Crippen LogP contribution is -1.92. The topological polar surface area (TPSA) is 98.1 Å². The molecule has 0 amide bonds. The van der Waals surface area contributed by atoms with Crippen LogP contribution in [0.25, 0.3) is 10.9 Å². The lowest BCUT2D eigenvalue weighted by molar-refractivity contribution is -0.383. The van der Waals surface area contributed by atoms with Crippen molar-refractivity contribution in [2.75, 3.05) is 7.11 Å². The van der Waals surface area contributed by atoms with Gasteiger partial charge in [-0.1, -0.05) is 0 Å². The summed E-state index contributed by atoms with van der Waals surface area (Å²) < 4.78 is 4.91. The van der Waals surface area contributed by atoms with Crippen molar-refractivity contribution in [1.82, 2.24) is 10.2 Å². The first-order valence-corrected chi connectivity index (χ1v) is 4.33. The maximum Gasteiger partial charge on any atom is 0.284 e. The van der Waals surface area contributed by atoms with Crippen LogP contribution in [0.3, 0.4) is 0 Å². The summed E-state index contributed by atoms with van der Waals surface area (Å²) in [4.78, 5) is 21.0. The van der Waals surface area contributed by atoms with Gasteiger partial charge in [-0.25, -0.2) is 0 Å². The number of methoxy groups -OCH3 is 1. The lowest BCUT2D eigenvalue weighted by atomic mass is 10.1. The van der Waals surface area contributed by atoms with E-state index in [9.17, 15) is 14.9 Å². The molecule has 0 fully saturated rings. The average Bonchev–Trinajstić information content (AvgIpc) is 2.70. The zero-order chi connectivity index (χ0) is 11.7. The largest absolute Gasteiger partial charge is 0.496 e. The van der Waals surface area contributed by atoms with Gasteiger partial charge in [0.25, 0.3) is 5.69 Å². The third kappa shape index (κ3) is 1.38. The number of aromatic nitrogens is 2. The van der Waals surface area contributed by atoms with Gasteiger partial charge in [-0.05, 0) is 0 Å². The second kappa shape index (κ2) is 3.61. The molecule has 0 atom stereocenters. The molecule has 0 unspecified atom stereocenters. The third-order valence-corrected chi connectivity index (χ3v) is 2.19. The molecule has 82 valence electrons. The Bertz CT molecular complexity index is 575. The van der Waals surface area contributed by atoms with Crippen molar-refractivity contribution in [3.05, 3.63) is 27.9 Å². The van der Waals surface area contributed by atoms with Gasteiger partial charge in [0.15, 0.2) is 6.29 Å². The molecule has 0 spiro atoms. The van der Waals surface area contributed by atoms with Gasteiger partial charge in [0.05, 0.1) is 18.1 Å². The zero-order valence-corrected chi connectivity index (χ0v) is 8.26. The zero-order valence-electron chi connectivity index (χ0n) is 8.26. The minimum atomic E-state index is -0.576. The molecule has 7 heteroatoms. The third-order valence-electron chi connectivity index (χ3n) is 2.19. The normalized spacial score (nSPS) is 10.3. The van der Waals surface area contributed by atoms with Crippen molar-refractivity contribution < 1.29 is 14.5 Å². The predicted molar refractivity (Wildman–Crippen MR) is 54.7 cm³/mol. The van der Waals surface area contributed by atoms with E-state index in [1.54, 1.807) is 0 Å². The molecule has 2 rings (SSSR count). The second-order valence-electron chi connectivity index (χ2n) is 3.05. The molecule has 0 aliphatic rings. The minimum absolute atomic E-state index is 0.0874. The summed E-state index contributed by atoms with van der Waals surface area (Å²) in [5.41, 5.74) is 0.211. The van der Waals surface area contributed by atoms with Crippen molar-refractivity contribution in [2.24, 2.45) is 0 Å². The Morgan fingerprint density at radius 1 is 1.56 bits per heavy atom. The predicted octanol–water partition coefficient (Wildman–Crippen LogP) is 1.29. The number of benzene rings is 1. The number of non-ortho nitro benzene ring substituents is 1. The van der Waals surface area contributed by atoms with E-state index in [4.69, 9.17) is 4.74 Å². The number of nitro groups is 1. The number of aromatic amines is 1. The van der Waals surface area contributed by atoms with Crippen LogP contribution < -0.4 is 4.74 Å². The van der Waals surface area contributed by atoms with Crippen molar-refractivity contribution in [3.8, 4) is 5.75 Å². The van der Waals surface area contributed by atoms with Gasteiger partial charge in [-0.2, -0.15) is 5.10 Å². The van der Waals surface area contributed by atoms with Crippen LogP contribution in [0.1, 0.15) is 10.5 Å². The quantitative estimate of drug-likeness (QED) is 0.478. The monoisotopic (exact) mass is 221 g/mol. The van der Waals surface area contributed by atoms with Crippen LogP contribution in [0.15, 0.2) is 12.1 Å². The maximum absolute atomic E-state index is 10.8. The Kier molecular flexibility index (Phi) is 2.28. The molecule has 1 N–H and O–H groups in total. The van der Waals surface area contributed by atoms with Crippen LogP contribution in [0.5, 0.6) is 5.75 Å². The number of nitro benzene ring substituents is 1. The van der Waals surface area contributed by atoms with Crippen molar-refractivity contribution in [1.29, 1.82) is 0 Å². The summed E-state index contributed by atoms with van der Waals surface area (Å²) >= 11 is 0. The summed E-state index contributed by atoms with van der Waals surface area (Å²) in [5.74, 6) is 0.322. The molecule has 1 heterocycles. The van der Waals surface area contributed by atoms with E-state index < -0.39 is 4.92 Å². The number of hydrogen-bond donors (Lipinski definition) is 1. The summed E-state index contributed by atoms with van der Waals surface area (Å²) in [6.45, 7) is 0. The fraction of sp³-hybridized carbons (Fsp3) is 0.111. The molecule has 2 aromatic rings. The maximum atomic E-state index is 10.8. The van der Waals surface area contributed by atoms with Gasteiger partial charge in [-0.3, -0.25) is 20.0 Å². The summed E-state index contributed by atoms with van der Waals surface area (Å²) in [6.07, 6.45) is 0.495. The van der Waals surface area contributed by atoms with Gasteiger partial charge in [-0.15, -0.1) is 0 Å². The molecule has 0 aliphatic carbocycles. The van der Waals surface area contributed by atoms with E-state index in [1.165, 1.54) is 19.2 Å². The molecular weight excluding hydrogens is 214 g/mol.